The molecule has 0 unspecified atom stereocenters. The predicted octanol–water partition coefficient (Wildman–Crippen LogP) is 3.05. The Labute approximate surface area is 142 Å². The van der Waals surface area contributed by atoms with Crippen molar-refractivity contribution in [1.29, 1.82) is 0 Å². The molecule has 7 heteroatoms. The number of fused-ring (bicyclic) bond motifs is 1. The van der Waals surface area contributed by atoms with E-state index in [-0.39, 0.29) is 12.0 Å². The molecule has 2 heterocycles. The van der Waals surface area contributed by atoms with Crippen molar-refractivity contribution in [3.05, 3.63) is 17.6 Å². The molecule has 0 spiro atoms. The average molecular weight is 336 g/mol. The van der Waals surface area contributed by atoms with Crippen LogP contribution >= 0.6 is 0 Å². The van der Waals surface area contributed by atoms with Gasteiger partial charge in [0.05, 0.1) is 5.69 Å². The first-order valence-corrected chi connectivity index (χ1v) is 8.48. The fourth-order valence-electron chi connectivity index (χ4n) is 3.34. The van der Waals surface area contributed by atoms with E-state index < -0.39 is 11.8 Å². The Kier molecular flexibility index (Phi) is 4.36. The normalized spacial score (nSPS) is 24.0. The molecular weight excluding hydrogens is 311 g/mol. The van der Waals surface area contributed by atoms with E-state index in [1.54, 1.807) is 4.90 Å². The van der Waals surface area contributed by atoms with E-state index in [1.807, 2.05) is 27.7 Å². The number of carbonyl (C=O) groups is 1. The highest BCUT2D eigenvalue weighted by Gasteiger charge is 2.35. The molecule has 1 saturated heterocycles. The van der Waals surface area contributed by atoms with E-state index in [1.165, 1.54) is 6.33 Å². The maximum absolute atomic E-state index is 14.1. The first-order valence-electron chi connectivity index (χ1n) is 8.48. The number of halogens is 1. The summed E-state index contributed by atoms with van der Waals surface area (Å²) in [6.45, 7) is 10.1. The summed E-state index contributed by atoms with van der Waals surface area (Å²) >= 11 is 0. The van der Waals surface area contributed by atoms with Gasteiger partial charge in [-0.2, -0.15) is 0 Å². The summed E-state index contributed by atoms with van der Waals surface area (Å²) < 4.78 is 19.5. The number of hydrogen-bond acceptors (Lipinski definition) is 5. The zero-order valence-electron chi connectivity index (χ0n) is 14.8. The van der Waals surface area contributed by atoms with Crippen LogP contribution in [0.4, 0.5) is 15.0 Å². The van der Waals surface area contributed by atoms with Crippen molar-refractivity contribution in [3.8, 4) is 0 Å². The number of piperazine rings is 1. The number of alkyl halides is 1. The van der Waals surface area contributed by atoms with Crippen LogP contribution in [-0.2, 0) is 4.74 Å². The van der Waals surface area contributed by atoms with Gasteiger partial charge >= 0.3 is 6.09 Å². The highest BCUT2D eigenvalue weighted by molar-refractivity contribution is 5.68. The van der Waals surface area contributed by atoms with E-state index in [0.29, 0.717) is 38.3 Å². The van der Waals surface area contributed by atoms with Gasteiger partial charge in [-0.25, -0.2) is 19.2 Å². The second-order valence-electron chi connectivity index (χ2n) is 7.55. The van der Waals surface area contributed by atoms with Gasteiger partial charge in [0.15, 0.2) is 0 Å². The summed E-state index contributed by atoms with van der Waals surface area (Å²) in [6, 6.07) is 0. The van der Waals surface area contributed by atoms with Crippen molar-refractivity contribution in [2.24, 2.45) is 0 Å². The van der Waals surface area contributed by atoms with Gasteiger partial charge in [-0.05, 0) is 33.1 Å². The number of carbonyl (C=O) groups excluding carboxylic acids is 1. The summed E-state index contributed by atoms with van der Waals surface area (Å²) in [5.74, 6) is 0.937. The third-order valence-corrected chi connectivity index (χ3v) is 4.47. The Morgan fingerprint density at radius 3 is 2.54 bits per heavy atom. The van der Waals surface area contributed by atoms with Gasteiger partial charge in [0.1, 0.15) is 23.9 Å². The number of nitrogens with zero attached hydrogens (tertiary/aromatic N) is 4. The van der Waals surface area contributed by atoms with Gasteiger partial charge in [0.25, 0.3) is 0 Å². The van der Waals surface area contributed by atoms with Gasteiger partial charge in [-0.1, -0.05) is 6.92 Å². The van der Waals surface area contributed by atoms with E-state index in [2.05, 4.69) is 14.9 Å². The second kappa shape index (κ2) is 6.18. The third-order valence-electron chi connectivity index (χ3n) is 4.47. The third kappa shape index (κ3) is 3.30. The van der Waals surface area contributed by atoms with Crippen LogP contribution in [0, 0.1) is 0 Å². The molecule has 0 aromatic carbocycles. The molecule has 2 aliphatic rings. The SMILES string of the molecule is C[C@@H]1C[C@H](F)c2ncnc(N3CCN(C(=O)OC(C)(C)C)CC3)c21. The summed E-state index contributed by atoms with van der Waals surface area (Å²) in [7, 11) is 0. The maximum atomic E-state index is 14.1. The molecule has 1 aromatic heterocycles. The van der Waals surface area contributed by atoms with Crippen LogP contribution in [0.3, 0.4) is 0 Å². The summed E-state index contributed by atoms with van der Waals surface area (Å²) in [5, 5.41) is 0. The monoisotopic (exact) mass is 336 g/mol. The Morgan fingerprint density at radius 2 is 1.92 bits per heavy atom. The molecule has 0 bridgehead atoms. The molecule has 1 aromatic rings. The van der Waals surface area contributed by atoms with Crippen LogP contribution in [0.15, 0.2) is 6.33 Å². The van der Waals surface area contributed by atoms with Crippen LogP contribution in [0.25, 0.3) is 0 Å². The fraction of sp³-hybridized carbons (Fsp3) is 0.706. The molecule has 1 aliphatic heterocycles. The number of rotatable bonds is 1. The number of aromatic nitrogens is 2. The molecule has 2 atom stereocenters. The molecule has 0 N–H and O–H groups in total. The molecule has 6 nitrogen and oxygen atoms in total. The smallest absolute Gasteiger partial charge is 0.410 e. The summed E-state index contributed by atoms with van der Waals surface area (Å²) in [5.41, 5.74) is 0.963. The fourth-order valence-corrected chi connectivity index (χ4v) is 3.34. The van der Waals surface area contributed by atoms with Crippen LogP contribution in [-0.4, -0.2) is 52.7 Å². The standard InChI is InChI=1S/C17H25FN4O2/c1-11-9-12(18)14-13(11)15(20-10-19-14)21-5-7-22(8-6-21)16(23)24-17(2,3)4/h10-12H,5-9H2,1-4H3/t11-,12+/m1/s1. The molecular formula is C17H25FN4O2. The topological polar surface area (TPSA) is 58.6 Å². The lowest BCUT2D eigenvalue weighted by Gasteiger charge is -2.37. The zero-order valence-corrected chi connectivity index (χ0v) is 14.8. The zero-order chi connectivity index (χ0) is 17.5. The second-order valence-corrected chi connectivity index (χ2v) is 7.55. The van der Waals surface area contributed by atoms with Crippen molar-refractivity contribution < 1.29 is 13.9 Å². The number of ether oxygens (including phenoxy) is 1. The Hall–Kier alpha value is -1.92. The van der Waals surface area contributed by atoms with Gasteiger partial charge in [-0.3, -0.25) is 0 Å². The van der Waals surface area contributed by atoms with Crippen LogP contribution in [0.2, 0.25) is 0 Å². The number of amides is 1. The molecule has 1 aliphatic carbocycles. The first-order chi connectivity index (χ1) is 11.3. The molecule has 0 radical (unpaired) electrons. The van der Waals surface area contributed by atoms with Gasteiger partial charge in [-0.15, -0.1) is 0 Å². The van der Waals surface area contributed by atoms with Gasteiger partial charge in [0.2, 0.25) is 0 Å². The number of anilines is 1. The quantitative estimate of drug-likeness (QED) is 0.789. The average Bonchev–Trinajstić information content (AvgIpc) is 2.81. The lowest BCUT2D eigenvalue weighted by atomic mass is 10.1. The molecule has 24 heavy (non-hydrogen) atoms. The molecule has 3 rings (SSSR count). The lowest BCUT2D eigenvalue weighted by molar-refractivity contribution is 0.0240. The highest BCUT2D eigenvalue weighted by Crippen LogP contribution is 2.44. The largest absolute Gasteiger partial charge is 0.444 e. The van der Waals surface area contributed by atoms with Crippen molar-refractivity contribution in [3.63, 3.8) is 0 Å². The lowest BCUT2D eigenvalue weighted by Crippen LogP contribution is -2.50. The first kappa shape index (κ1) is 16.9. The van der Waals surface area contributed by atoms with Crippen molar-refractivity contribution in [1.82, 2.24) is 14.9 Å². The van der Waals surface area contributed by atoms with Gasteiger partial charge in [0, 0.05) is 31.7 Å². The molecule has 1 amide bonds. The molecule has 132 valence electrons. The minimum atomic E-state index is -1.00. The minimum Gasteiger partial charge on any atom is -0.444 e. The predicted molar refractivity (Wildman–Crippen MR) is 88.9 cm³/mol. The summed E-state index contributed by atoms with van der Waals surface area (Å²) in [4.78, 5) is 24.5. The van der Waals surface area contributed by atoms with Crippen LogP contribution in [0.1, 0.15) is 57.5 Å². The van der Waals surface area contributed by atoms with E-state index in [0.717, 1.165) is 11.4 Å². The van der Waals surface area contributed by atoms with Crippen LogP contribution in [0.5, 0.6) is 0 Å². The number of hydrogen-bond donors (Lipinski definition) is 0. The van der Waals surface area contributed by atoms with E-state index in [9.17, 15) is 9.18 Å². The Bertz CT molecular complexity index is 624. The van der Waals surface area contributed by atoms with E-state index in [4.69, 9.17) is 4.74 Å². The highest BCUT2D eigenvalue weighted by atomic mass is 19.1. The van der Waals surface area contributed by atoms with Crippen molar-refractivity contribution in [2.75, 3.05) is 31.1 Å². The van der Waals surface area contributed by atoms with E-state index >= 15 is 0 Å². The maximum Gasteiger partial charge on any atom is 0.410 e. The van der Waals surface area contributed by atoms with Crippen molar-refractivity contribution in [2.45, 2.75) is 51.8 Å². The van der Waals surface area contributed by atoms with Crippen LogP contribution < -0.4 is 4.90 Å². The Balaban J connectivity index is 1.69. The minimum absolute atomic E-state index is 0.120. The summed E-state index contributed by atoms with van der Waals surface area (Å²) in [6.07, 6.45) is 0.629. The van der Waals surface area contributed by atoms with Crippen molar-refractivity contribution >= 4 is 11.9 Å². The molecule has 0 saturated carbocycles. The Morgan fingerprint density at radius 1 is 1.25 bits per heavy atom. The molecule has 1 fully saturated rings. The van der Waals surface area contributed by atoms with Gasteiger partial charge < -0.3 is 14.5 Å².